The number of hydrogen-bond acceptors (Lipinski definition) is 5. The number of aliphatic hydroxyl groups is 1. The lowest BCUT2D eigenvalue weighted by Gasteiger charge is -2.15. The number of carboxylic acids is 1. The summed E-state index contributed by atoms with van der Waals surface area (Å²) in [4.78, 5) is 18.4. The van der Waals surface area contributed by atoms with E-state index in [4.69, 9.17) is 10.2 Å². The maximum atomic E-state index is 13.0. The lowest BCUT2D eigenvalue weighted by Crippen LogP contribution is -2.31. The van der Waals surface area contributed by atoms with Crippen LogP contribution in [0.2, 0.25) is 0 Å². The van der Waals surface area contributed by atoms with Gasteiger partial charge in [0.05, 0.1) is 12.1 Å². The van der Waals surface area contributed by atoms with Gasteiger partial charge in [-0.2, -0.15) is 0 Å². The molecule has 2 rings (SSSR count). The molecule has 8 heteroatoms. The summed E-state index contributed by atoms with van der Waals surface area (Å²) in [5.74, 6) is -5.18. The van der Waals surface area contributed by atoms with Crippen LogP contribution >= 0.6 is 0 Å². The molecule has 3 N–H and O–H groups in total. The van der Waals surface area contributed by atoms with Gasteiger partial charge in [0, 0.05) is 5.39 Å². The van der Waals surface area contributed by atoms with Crippen LogP contribution in [0.25, 0.3) is 10.9 Å². The van der Waals surface area contributed by atoms with E-state index in [1.165, 1.54) is 0 Å². The maximum Gasteiger partial charge on any atom is 0.374 e. The molecule has 2 aromatic rings. The summed E-state index contributed by atoms with van der Waals surface area (Å²) in [6.45, 7) is -2.17. The summed E-state index contributed by atoms with van der Waals surface area (Å²) >= 11 is 0. The molecule has 106 valence electrons. The Morgan fingerprint density at radius 2 is 2.00 bits per heavy atom. The fraction of sp³-hybridized carbons (Fsp3) is 0.250. The Balaban J connectivity index is 2.42. The molecule has 0 aliphatic carbocycles. The number of nitrogens with zero attached hydrogens (tertiary/aromatic N) is 2. The minimum absolute atomic E-state index is 0.0128. The Kier molecular flexibility index (Phi) is 3.75. The number of nitrogens with one attached hydrogen (secondary N) is 1. The number of anilines is 1. The molecule has 6 nitrogen and oxygen atoms in total. The number of carboxylic acid groups (broad SMARTS) is 1. The van der Waals surface area contributed by atoms with E-state index < -0.39 is 30.9 Å². The average Bonchev–Trinajstić information content (AvgIpc) is 2.44. The van der Waals surface area contributed by atoms with E-state index >= 15 is 0 Å². The van der Waals surface area contributed by atoms with Gasteiger partial charge < -0.3 is 15.5 Å². The highest BCUT2D eigenvalue weighted by Gasteiger charge is 2.28. The molecule has 20 heavy (non-hydrogen) atoms. The molecule has 0 amide bonds. The Morgan fingerprint density at radius 3 is 2.65 bits per heavy atom. The van der Waals surface area contributed by atoms with Gasteiger partial charge >= 0.3 is 5.97 Å². The number of aliphatic hydroxyl groups excluding tert-OH is 1. The molecule has 1 aromatic heterocycles. The highest BCUT2D eigenvalue weighted by atomic mass is 19.3. The van der Waals surface area contributed by atoms with Crippen LogP contribution in [0.15, 0.2) is 24.3 Å². The average molecular weight is 283 g/mol. The van der Waals surface area contributed by atoms with Crippen molar-refractivity contribution in [2.24, 2.45) is 0 Å². The molecule has 0 unspecified atom stereocenters. The van der Waals surface area contributed by atoms with Gasteiger partial charge in [-0.15, -0.1) is 0 Å². The minimum Gasteiger partial charge on any atom is -0.475 e. The second-order valence-corrected chi connectivity index (χ2v) is 4.09. The number of hydrogen-bond donors (Lipinski definition) is 3. The summed E-state index contributed by atoms with van der Waals surface area (Å²) in [5, 5.41) is 20.2. The summed E-state index contributed by atoms with van der Waals surface area (Å²) in [5.41, 5.74) is 0.328. The highest BCUT2D eigenvalue weighted by molar-refractivity contribution is 5.93. The van der Waals surface area contributed by atoms with E-state index in [1.807, 2.05) is 0 Å². The molecule has 1 heterocycles. The molecule has 0 atom stereocenters. The number of halogens is 2. The number of alkyl halides is 2. The molecule has 0 bridgehead atoms. The quantitative estimate of drug-likeness (QED) is 0.767. The molecule has 0 fully saturated rings. The fourth-order valence-corrected chi connectivity index (χ4v) is 1.58. The number of aromatic nitrogens is 2. The van der Waals surface area contributed by atoms with E-state index in [9.17, 15) is 13.6 Å². The molecule has 0 saturated heterocycles. The summed E-state index contributed by atoms with van der Waals surface area (Å²) in [6, 6.07) is 6.44. The Hall–Kier alpha value is -2.35. The summed E-state index contributed by atoms with van der Waals surface area (Å²) < 4.78 is 26.1. The molecular weight excluding hydrogens is 272 g/mol. The molecule has 0 radical (unpaired) electrons. The van der Waals surface area contributed by atoms with Gasteiger partial charge in [0.2, 0.25) is 5.82 Å². The van der Waals surface area contributed by atoms with Gasteiger partial charge in [0.25, 0.3) is 5.92 Å². The van der Waals surface area contributed by atoms with Gasteiger partial charge in [0.1, 0.15) is 12.4 Å². The number of carbonyl (C=O) groups is 1. The van der Waals surface area contributed by atoms with Crippen LogP contribution in [0.3, 0.4) is 0 Å². The van der Waals surface area contributed by atoms with Crippen molar-refractivity contribution in [2.45, 2.75) is 5.92 Å². The fourth-order valence-electron chi connectivity index (χ4n) is 1.58. The van der Waals surface area contributed by atoms with E-state index in [2.05, 4.69) is 15.3 Å². The van der Waals surface area contributed by atoms with E-state index in [-0.39, 0.29) is 5.82 Å². The first-order chi connectivity index (χ1) is 9.43. The number of aromatic carboxylic acids is 1. The van der Waals surface area contributed by atoms with Crippen molar-refractivity contribution in [3.05, 3.63) is 30.1 Å². The van der Waals surface area contributed by atoms with Crippen LogP contribution in [0.1, 0.15) is 10.6 Å². The monoisotopic (exact) mass is 283 g/mol. The summed E-state index contributed by atoms with van der Waals surface area (Å²) in [6.07, 6.45) is 0. The second-order valence-electron chi connectivity index (χ2n) is 4.09. The SMILES string of the molecule is O=C(O)c1nc(NCC(F)(F)CO)c2ccccc2n1. The van der Waals surface area contributed by atoms with Crippen molar-refractivity contribution in [2.75, 3.05) is 18.5 Å². The number of rotatable bonds is 5. The molecule has 0 saturated carbocycles. The van der Waals surface area contributed by atoms with Crippen LogP contribution in [0.5, 0.6) is 0 Å². The lowest BCUT2D eigenvalue weighted by atomic mass is 10.2. The van der Waals surface area contributed by atoms with Gasteiger partial charge in [-0.1, -0.05) is 12.1 Å². The van der Waals surface area contributed by atoms with Crippen molar-refractivity contribution < 1.29 is 23.8 Å². The minimum atomic E-state index is -3.32. The van der Waals surface area contributed by atoms with Gasteiger partial charge in [-0.05, 0) is 12.1 Å². The number of para-hydroxylation sites is 1. The van der Waals surface area contributed by atoms with Crippen molar-refractivity contribution in [1.82, 2.24) is 9.97 Å². The van der Waals surface area contributed by atoms with Crippen LogP contribution in [-0.2, 0) is 0 Å². The largest absolute Gasteiger partial charge is 0.475 e. The third kappa shape index (κ3) is 2.97. The topological polar surface area (TPSA) is 95.3 Å². The highest BCUT2D eigenvalue weighted by Crippen LogP contribution is 2.21. The van der Waals surface area contributed by atoms with Crippen LogP contribution in [-0.4, -0.2) is 45.2 Å². The maximum absolute atomic E-state index is 13.0. The van der Waals surface area contributed by atoms with Gasteiger partial charge in [-0.25, -0.2) is 23.5 Å². The normalized spacial score (nSPS) is 11.6. The van der Waals surface area contributed by atoms with Crippen molar-refractivity contribution in [3.63, 3.8) is 0 Å². The van der Waals surface area contributed by atoms with Crippen molar-refractivity contribution in [3.8, 4) is 0 Å². The summed E-state index contributed by atoms with van der Waals surface area (Å²) in [7, 11) is 0. The predicted molar refractivity (Wildman–Crippen MR) is 67.0 cm³/mol. The number of benzene rings is 1. The third-order valence-electron chi connectivity index (χ3n) is 2.54. The molecular formula is C12H11F2N3O3. The van der Waals surface area contributed by atoms with E-state index in [0.29, 0.717) is 10.9 Å². The first-order valence-corrected chi connectivity index (χ1v) is 5.65. The molecule has 0 aliphatic rings. The van der Waals surface area contributed by atoms with Crippen molar-refractivity contribution >= 4 is 22.7 Å². The lowest BCUT2D eigenvalue weighted by molar-refractivity contribution is -0.0373. The second kappa shape index (κ2) is 5.33. The molecule has 1 aromatic carbocycles. The van der Waals surface area contributed by atoms with E-state index in [0.717, 1.165) is 0 Å². The molecule has 0 aliphatic heterocycles. The zero-order chi connectivity index (χ0) is 14.8. The first kappa shape index (κ1) is 14.1. The smallest absolute Gasteiger partial charge is 0.374 e. The van der Waals surface area contributed by atoms with Gasteiger partial charge in [-0.3, -0.25) is 0 Å². The first-order valence-electron chi connectivity index (χ1n) is 5.65. The molecule has 0 spiro atoms. The van der Waals surface area contributed by atoms with Gasteiger partial charge in [0.15, 0.2) is 0 Å². The Morgan fingerprint density at radius 1 is 1.30 bits per heavy atom. The zero-order valence-electron chi connectivity index (χ0n) is 10.2. The van der Waals surface area contributed by atoms with E-state index in [1.54, 1.807) is 24.3 Å². The van der Waals surface area contributed by atoms with Crippen LogP contribution in [0, 0.1) is 0 Å². The standard InChI is InChI=1S/C12H11F2N3O3/c13-12(14,6-18)5-15-9-7-3-1-2-4-8(7)16-10(17-9)11(19)20/h1-4,18H,5-6H2,(H,19,20)(H,15,16,17). The number of fused-ring (bicyclic) bond motifs is 1. The Bertz CT molecular complexity index is 649. The zero-order valence-corrected chi connectivity index (χ0v) is 10.2. The predicted octanol–water partition coefficient (Wildman–Crippen LogP) is 1.37. The van der Waals surface area contributed by atoms with Crippen LogP contribution in [0.4, 0.5) is 14.6 Å². The third-order valence-corrected chi connectivity index (χ3v) is 2.54. The van der Waals surface area contributed by atoms with Crippen molar-refractivity contribution in [1.29, 1.82) is 0 Å². The Labute approximate surface area is 112 Å². The van der Waals surface area contributed by atoms with Crippen LogP contribution < -0.4 is 5.32 Å².